The molecule has 0 aromatic heterocycles. The molecule has 0 heterocycles. The summed E-state index contributed by atoms with van der Waals surface area (Å²) in [5.41, 5.74) is 17.9. The Kier molecular flexibility index (Phi) is 22.0. The predicted octanol–water partition coefficient (Wildman–Crippen LogP) is 18.1. The van der Waals surface area contributed by atoms with E-state index in [4.69, 9.17) is 20.0 Å². The average Bonchev–Trinajstić information content (AvgIpc) is 3.32. The summed E-state index contributed by atoms with van der Waals surface area (Å²) in [4.78, 5) is 19.5. The van der Waals surface area contributed by atoms with Gasteiger partial charge in [0, 0.05) is 24.9 Å². The molecule has 6 nitrogen and oxygen atoms in total. The Bertz CT molecular complexity index is 2440. The van der Waals surface area contributed by atoms with Crippen molar-refractivity contribution in [3.8, 4) is 11.5 Å². The Morgan fingerprint density at radius 1 is 0.301 bits per heavy atom. The molecule has 0 bridgehead atoms. The number of para-hydroxylation sites is 4. The molecule has 0 amide bonds. The van der Waals surface area contributed by atoms with Crippen LogP contribution >= 0.6 is 0 Å². The van der Waals surface area contributed by atoms with Gasteiger partial charge in [-0.2, -0.15) is 0 Å². The summed E-state index contributed by atoms with van der Waals surface area (Å²) in [5, 5.41) is 26.9. The zero-order valence-corrected chi connectivity index (χ0v) is 48.0. The molecule has 389 valence electrons. The molecule has 6 aromatic carbocycles. The maximum atomic E-state index is 13.5. The Balaban J connectivity index is 0.000000312. The molecule has 0 aliphatic carbocycles. The minimum Gasteiger partial charge on any atom is -0.872 e. The van der Waals surface area contributed by atoms with E-state index in [9.17, 15) is 10.2 Å². The molecule has 0 atom stereocenters. The van der Waals surface area contributed by atoms with Gasteiger partial charge in [-0.05, 0) is 139 Å². The summed E-state index contributed by atoms with van der Waals surface area (Å²) in [6, 6.07) is 33.1. The summed E-state index contributed by atoms with van der Waals surface area (Å²) in [6.07, 6.45) is 6.95. The first-order valence-electron chi connectivity index (χ1n) is 26.3. The van der Waals surface area contributed by atoms with Crippen molar-refractivity contribution in [1.82, 2.24) is 0 Å². The fourth-order valence-corrected chi connectivity index (χ4v) is 9.22. The Morgan fingerprint density at radius 2 is 0.452 bits per heavy atom. The number of aliphatic imine (C=N–C) groups is 4. The molecule has 0 aliphatic rings. The van der Waals surface area contributed by atoms with E-state index in [1.165, 1.54) is 44.5 Å². The Labute approximate surface area is 450 Å². The first-order chi connectivity index (χ1) is 34.0. The maximum Gasteiger partial charge on any atom is 2.00 e. The summed E-state index contributed by atoms with van der Waals surface area (Å²) >= 11 is 0. The molecule has 6 rings (SSSR count). The number of hydrogen-bond acceptors (Lipinski definition) is 6. The van der Waals surface area contributed by atoms with Gasteiger partial charge in [-0.15, -0.1) is 0 Å². The van der Waals surface area contributed by atoms with E-state index in [2.05, 4.69) is 184 Å². The molecule has 0 spiro atoms. The number of benzene rings is 6. The number of hydrogen-bond donors (Lipinski definition) is 0. The Morgan fingerprint density at radius 3 is 0.589 bits per heavy atom. The maximum absolute atomic E-state index is 13.5. The second-order valence-corrected chi connectivity index (χ2v) is 22.0. The van der Waals surface area contributed by atoms with Gasteiger partial charge in [0.05, 0.1) is 22.7 Å². The summed E-state index contributed by atoms with van der Waals surface area (Å²) in [7, 11) is 0. The standard InChI is InChI=1S/2C33H42N2O.Cu/c2*1-20(2)27-12-10-13-28(21(3)4)31(27)34-18-25-16-24(9)17-26(33(25)36)19-35-32-29(22(5)6)14-11-15-30(32)23(7)8;/h2*10-23,36H,1-9H3;/q;;+2/p-2. The third-order valence-electron chi connectivity index (χ3n) is 13.3. The third kappa shape index (κ3) is 15.1. The van der Waals surface area contributed by atoms with Crippen LogP contribution in [-0.2, 0) is 17.1 Å². The summed E-state index contributed by atoms with van der Waals surface area (Å²) < 4.78 is 0. The van der Waals surface area contributed by atoms with Gasteiger partial charge in [-0.1, -0.05) is 219 Å². The number of nitrogens with zero attached hydrogens (tertiary/aromatic N) is 4. The molecule has 7 heteroatoms. The van der Waals surface area contributed by atoms with Crippen molar-refractivity contribution < 1.29 is 27.3 Å². The van der Waals surface area contributed by atoms with Crippen LogP contribution in [0.15, 0.2) is 117 Å². The predicted molar refractivity (Wildman–Crippen MR) is 309 cm³/mol. The van der Waals surface area contributed by atoms with Crippen molar-refractivity contribution in [1.29, 1.82) is 0 Å². The monoisotopic (exact) mass is 1030 g/mol. The molecule has 0 saturated heterocycles. The normalized spacial score (nSPS) is 12.2. The minimum absolute atomic E-state index is 0. The van der Waals surface area contributed by atoms with Crippen LogP contribution in [0.5, 0.6) is 11.5 Å². The van der Waals surface area contributed by atoms with Gasteiger partial charge in [0.15, 0.2) is 0 Å². The van der Waals surface area contributed by atoms with Crippen molar-refractivity contribution in [2.24, 2.45) is 20.0 Å². The van der Waals surface area contributed by atoms with Crippen LogP contribution in [0.2, 0.25) is 0 Å². The van der Waals surface area contributed by atoms with Gasteiger partial charge in [0.1, 0.15) is 0 Å². The molecule has 0 aliphatic heterocycles. The van der Waals surface area contributed by atoms with E-state index in [0.717, 1.165) is 33.9 Å². The van der Waals surface area contributed by atoms with Crippen molar-refractivity contribution in [3.05, 3.63) is 175 Å². The summed E-state index contributed by atoms with van der Waals surface area (Å²) in [5.74, 6) is 2.68. The van der Waals surface area contributed by atoms with Gasteiger partial charge < -0.3 is 10.2 Å². The van der Waals surface area contributed by atoms with Gasteiger partial charge >= 0.3 is 17.1 Å². The van der Waals surface area contributed by atoms with E-state index in [1.807, 2.05) is 38.1 Å². The van der Waals surface area contributed by atoms with Crippen LogP contribution in [-0.4, -0.2) is 24.9 Å². The fourth-order valence-electron chi connectivity index (χ4n) is 9.22. The zero-order valence-electron chi connectivity index (χ0n) is 47.1. The molecule has 73 heavy (non-hydrogen) atoms. The van der Waals surface area contributed by atoms with Crippen LogP contribution in [0, 0.1) is 13.8 Å². The van der Waals surface area contributed by atoms with Crippen LogP contribution in [0.25, 0.3) is 0 Å². The molecule has 0 unspecified atom stereocenters. The van der Waals surface area contributed by atoms with Gasteiger partial charge in [0.2, 0.25) is 0 Å². The largest absolute Gasteiger partial charge is 2.00 e. The van der Waals surface area contributed by atoms with Gasteiger partial charge in [-0.3, -0.25) is 20.0 Å². The van der Waals surface area contributed by atoms with Crippen molar-refractivity contribution >= 4 is 47.6 Å². The minimum atomic E-state index is -0.0469. The van der Waals surface area contributed by atoms with Crippen molar-refractivity contribution in [3.63, 3.8) is 0 Å². The average molecular weight is 1030 g/mol. The van der Waals surface area contributed by atoms with E-state index in [-0.39, 0.29) is 28.6 Å². The molecular weight excluding hydrogens is 944 g/mol. The number of rotatable bonds is 16. The molecule has 0 fully saturated rings. The summed E-state index contributed by atoms with van der Waals surface area (Å²) in [6.45, 7) is 38.9. The van der Waals surface area contributed by atoms with Crippen LogP contribution in [0.3, 0.4) is 0 Å². The van der Waals surface area contributed by atoms with E-state index >= 15 is 0 Å². The third-order valence-corrected chi connectivity index (χ3v) is 13.3. The van der Waals surface area contributed by atoms with Crippen LogP contribution in [0.4, 0.5) is 22.7 Å². The van der Waals surface area contributed by atoms with E-state index < -0.39 is 0 Å². The first-order valence-corrected chi connectivity index (χ1v) is 26.3. The fraction of sp³-hybridized carbons (Fsp3) is 0.394. The van der Waals surface area contributed by atoms with Crippen LogP contribution < -0.4 is 10.2 Å². The van der Waals surface area contributed by atoms with E-state index in [0.29, 0.717) is 69.6 Å². The Hall–Kier alpha value is -5.88. The van der Waals surface area contributed by atoms with E-state index in [1.54, 1.807) is 24.9 Å². The van der Waals surface area contributed by atoms with Crippen molar-refractivity contribution in [2.75, 3.05) is 0 Å². The molecule has 1 radical (unpaired) electrons. The molecule has 0 saturated carbocycles. The first kappa shape index (κ1) is 59.7. The molecule has 6 aromatic rings. The van der Waals surface area contributed by atoms with Gasteiger partial charge in [-0.25, -0.2) is 0 Å². The topological polar surface area (TPSA) is 95.6 Å². The SMILES string of the molecule is Cc1cc(C=Nc2c(C(C)C)cccc2C(C)C)c([O-])c(C=Nc2c(C(C)C)cccc2C(C)C)c1.Cc1cc(C=Nc2c(C(C)C)cccc2C(C)C)c([O-])c(C=Nc2c(C(C)C)cccc2C(C)C)c1.[Cu+2]. The molecule has 0 N–H and O–H groups in total. The quantitative estimate of drug-likeness (QED) is 0.0713. The number of aryl methyl sites for hydroxylation is 2. The van der Waals surface area contributed by atoms with Crippen LogP contribution in [0.1, 0.15) is 236 Å². The zero-order chi connectivity index (χ0) is 53.1. The molecular formula is C66H82CuN4O2. The second-order valence-electron chi connectivity index (χ2n) is 22.0. The smallest absolute Gasteiger partial charge is 0.872 e. The van der Waals surface area contributed by atoms with Gasteiger partial charge in [0.25, 0.3) is 0 Å². The second kappa shape index (κ2) is 26.9. The van der Waals surface area contributed by atoms with Crippen molar-refractivity contribution in [2.45, 2.75) is 172 Å².